The number of benzene rings is 1. The van der Waals surface area contributed by atoms with Gasteiger partial charge in [0.05, 0.1) is 7.11 Å². The van der Waals surface area contributed by atoms with E-state index in [1.165, 1.54) is 11.8 Å². The molecular formula is C25H29N2O3S+. The van der Waals surface area contributed by atoms with Crippen molar-refractivity contribution in [1.29, 1.82) is 0 Å². The van der Waals surface area contributed by atoms with Crippen LogP contribution in [0.5, 0.6) is 5.75 Å². The smallest absolute Gasteiger partial charge is 0.425 e. The molecule has 0 aromatic heterocycles. The number of hydrogen-bond donors (Lipinski definition) is 1. The third kappa shape index (κ3) is 4.85. The van der Waals surface area contributed by atoms with Crippen LogP contribution in [-0.4, -0.2) is 47.6 Å². The van der Waals surface area contributed by atoms with Crippen molar-refractivity contribution in [2.75, 3.05) is 14.2 Å². The Morgan fingerprint density at radius 2 is 2.03 bits per heavy atom. The average molecular weight is 438 g/mol. The molecule has 2 aliphatic carbocycles. The zero-order valence-corrected chi connectivity index (χ0v) is 19.1. The Morgan fingerprint density at radius 3 is 2.77 bits per heavy atom. The van der Waals surface area contributed by atoms with Gasteiger partial charge in [0.2, 0.25) is 5.71 Å². The maximum atomic E-state index is 13.0. The normalized spacial score (nSPS) is 27.1. The molecule has 1 aromatic carbocycles. The number of rotatable bonds is 4. The van der Waals surface area contributed by atoms with Crippen LogP contribution in [0.1, 0.15) is 38.2 Å². The molecule has 4 rings (SSSR count). The fourth-order valence-electron chi connectivity index (χ4n) is 4.23. The Morgan fingerprint density at radius 1 is 1.26 bits per heavy atom. The topological polar surface area (TPSA) is 58.4 Å². The Balaban J connectivity index is 1.52. The highest BCUT2D eigenvalue weighted by atomic mass is 32.2. The average Bonchev–Trinajstić information content (AvgIpc) is 2.78. The molecular weight excluding hydrogens is 408 g/mol. The van der Waals surface area contributed by atoms with Gasteiger partial charge in [0.15, 0.2) is 0 Å². The van der Waals surface area contributed by atoms with Crippen LogP contribution < -0.4 is 10.1 Å². The first-order valence-electron chi connectivity index (χ1n) is 10.8. The van der Waals surface area contributed by atoms with E-state index in [9.17, 15) is 9.59 Å². The van der Waals surface area contributed by atoms with Crippen LogP contribution in [0.15, 0.2) is 53.0 Å². The molecule has 2 amide bonds. The van der Waals surface area contributed by atoms with E-state index in [4.69, 9.17) is 4.74 Å². The third-order valence-electron chi connectivity index (χ3n) is 6.21. The van der Waals surface area contributed by atoms with Crippen molar-refractivity contribution >= 4 is 35.4 Å². The molecule has 1 atom stereocenters. The lowest BCUT2D eigenvalue weighted by Gasteiger charge is -2.27. The van der Waals surface area contributed by atoms with E-state index in [0.29, 0.717) is 10.5 Å². The molecule has 162 valence electrons. The molecule has 0 saturated heterocycles. The molecule has 31 heavy (non-hydrogen) atoms. The molecule has 1 saturated carbocycles. The summed E-state index contributed by atoms with van der Waals surface area (Å²) in [4.78, 5) is 26.5. The summed E-state index contributed by atoms with van der Waals surface area (Å²) in [5.41, 5.74) is 2.39. The number of allylic oxidation sites excluding steroid dienone is 1. The van der Waals surface area contributed by atoms with Crippen LogP contribution in [0.25, 0.3) is 6.08 Å². The number of fused-ring (bicyclic) bond motifs is 1. The largest absolute Gasteiger partial charge is 0.497 e. The van der Waals surface area contributed by atoms with Crippen LogP contribution in [-0.2, 0) is 9.59 Å². The molecule has 5 nitrogen and oxygen atoms in total. The van der Waals surface area contributed by atoms with Gasteiger partial charge in [-0.3, -0.25) is 4.79 Å². The SMILES string of the molecule is COc1cccc(/C=C2\SC3C=CC(C(=O)NC4CCC(C)CC4)=CC3=[N+](C)C2=O)c1. The van der Waals surface area contributed by atoms with Crippen molar-refractivity contribution in [2.45, 2.75) is 43.9 Å². The summed E-state index contributed by atoms with van der Waals surface area (Å²) in [6.07, 6.45) is 12.1. The number of nitrogens with zero attached hydrogens (tertiary/aromatic N) is 1. The van der Waals surface area contributed by atoms with Gasteiger partial charge >= 0.3 is 5.91 Å². The van der Waals surface area contributed by atoms with Gasteiger partial charge in [-0.2, -0.15) is 4.58 Å². The first-order chi connectivity index (χ1) is 14.9. The molecule has 1 fully saturated rings. The molecule has 1 aliphatic heterocycles. The van der Waals surface area contributed by atoms with Crippen LogP contribution in [0.3, 0.4) is 0 Å². The summed E-state index contributed by atoms with van der Waals surface area (Å²) >= 11 is 1.51. The molecule has 1 N–H and O–H groups in total. The van der Waals surface area contributed by atoms with Gasteiger partial charge in [-0.1, -0.05) is 43.0 Å². The highest BCUT2D eigenvalue weighted by Gasteiger charge is 2.38. The lowest BCUT2D eigenvalue weighted by molar-refractivity contribution is -0.413. The molecule has 1 heterocycles. The summed E-state index contributed by atoms with van der Waals surface area (Å²) in [6.45, 7) is 2.27. The van der Waals surface area contributed by atoms with Crippen molar-refractivity contribution in [3.05, 3.63) is 58.5 Å². The standard InChI is InChI=1S/C25H28N2O3S/c1-16-7-10-19(11-8-16)26-24(28)18-9-12-22-21(15-18)27(2)25(29)23(31-22)14-17-5-4-6-20(13-17)30-3/h4-6,9,12-16,19,22H,7-8,10-11H2,1-3H3/p+1/b23-14-. The van der Waals surface area contributed by atoms with Gasteiger partial charge in [0.1, 0.15) is 23.0 Å². The number of hydrogen-bond acceptors (Lipinski definition) is 4. The van der Waals surface area contributed by atoms with Crippen LogP contribution >= 0.6 is 11.8 Å². The van der Waals surface area contributed by atoms with E-state index >= 15 is 0 Å². The van der Waals surface area contributed by atoms with Crippen molar-refractivity contribution in [3.63, 3.8) is 0 Å². The first kappa shape index (κ1) is 21.6. The van der Waals surface area contributed by atoms with Gasteiger partial charge in [-0.15, -0.1) is 0 Å². The number of likely N-dealkylation sites (N-methyl/N-ethyl adjacent to an activating group) is 1. The second-order valence-electron chi connectivity index (χ2n) is 8.50. The quantitative estimate of drug-likeness (QED) is 0.572. The molecule has 3 aliphatic rings. The zero-order valence-electron chi connectivity index (χ0n) is 18.3. The van der Waals surface area contributed by atoms with Crippen LogP contribution in [0, 0.1) is 5.92 Å². The minimum Gasteiger partial charge on any atom is -0.497 e. The first-order valence-corrected chi connectivity index (χ1v) is 11.7. The van der Waals surface area contributed by atoms with E-state index in [2.05, 4.69) is 12.2 Å². The van der Waals surface area contributed by atoms with E-state index in [1.54, 1.807) is 18.7 Å². The van der Waals surface area contributed by atoms with Crippen LogP contribution in [0.2, 0.25) is 0 Å². The lowest BCUT2D eigenvalue weighted by atomic mass is 9.87. The highest BCUT2D eigenvalue weighted by Crippen LogP contribution is 2.34. The maximum absolute atomic E-state index is 13.0. The maximum Gasteiger partial charge on any atom is 0.425 e. The predicted molar refractivity (Wildman–Crippen MR) is 125 cm³/mol. The number of carbonyl (C=O) groups is 2. The summed E-state index contributed by atoms with van der Waals surface area (Å²) in [7, 11) is 3.40. The number of carbonyl (C=O) groups excluding carboxylic acids is 2. The van der Waals surface area contributed by atoms with Crippen molar-refractivity contribution in [3.8, 4) is 5.75 Å². The van der Waals surface area contributed by atoms with E-state index in [0.717, 1.165) is 48.6 Å². The number of methoxy groups -OCH3 is 1. The summed E-state index contributed by atoms with van der Waals surface area (Å²) in [6, 6.07) is 7.90. The lowest BCUT2D eigenvalue weighted by Crippen LogP contribution is -2.40. The van der Waals surface area contributed by atoms with E-state index < -0.39 is 0 Å². The number of ether oxygens (including phenoxy) is 1. The molecule has 0 radical (unpaired) electrons. The number of nitrogens with one attached hydrogen (secondary N) is 1. The molecule has 0 bridgehead atoms. The van der Waals surface area contributed by atoms with Gasteiger partial charge in [0.25, 0.3) is 5.91 Å². The predicted octanol–water partition coefficient (Wildman–Crippen LogP) is 3.95. The van der Waals surface area contributed by atoms with Crippen molar-refractivity contribution in [1.82, 2.24) is 5.32 Å². The Hall–Kier alpha value is -2.60. The van der Waals surface area contributed by atoms with Gasteiger partial charge < -0.3 is 10.1 Å². The monoisotopic (exact) mass is 437 g/mol. The second-order valence-corrected chi connectivity index (χ2v) is 9.69. The fraction of sp³-hybridized carbons (Fsp3) is 0.400. The van der Waals surface area contributed by atoms with Gasteiger partial charge in [0, 0.05) is 17.7 Å². The minimum atomic E-state index is -0.0633. The number of thioether (sulfide) groups is 1. The molecule has 1 aromatic rings. The van der Waals surface area contributed by atoms with Crippen LogP contribution in [0.4, 0.5) is 0 Å². The van der Waals surface area contributed by atoms with Crippen molar-refractivity contribution in [2.24, 2.45) is 5.92 Å². The Labute approximate surface area is 187 Å². The molecule has 0 spiro atoms. The Kier molecular flexibility index (Phi) is 6.46. The van der Waals surface area contributed by atoms with E-state index in [-0.39, 0.29) is 23.1 Å². The summed E-state index contributed by atoms with van der Waals surface area (Å²) in [5, 5.41) is 3.18. The fourth-order valence-corrected chi connectivity index (χ4v) is 5.45. The van der Waals surface area contributed by atoms with Gasteiger partial charge in [-0.05, 0) is 55.4 Å². The molecule has 6 heteroatoms. The summed E-state index contributed by atoms with van der Waals surface area (Å²) < 4.78 is 6.94. The third-order valence-corrected chi connectivity index (χ3v) is 7.41. The summed E-state index contributed by atoms with van der Waals surface area (Å²) in [5.74, 6) is 1.39. The number of amides is 2. The minimum absolute atomic E-state index is 0.00615. The Bertz CT molecular complexity index is 1010. The zero-order chi connectivity index (χ0) is 22.0. The second kappa shape index (κ2) is 9.27. The highest BCUT2D eigenvalue weighted by molar-refractivity contribution is 8.05. The van der Waals surface area contributed by atoms with Gasteiger partial charge in [-0.25, -0.2) is 4.79 Å². The van der Waals surface area contributed by atoms with Crippen molar-refractivity contribution < 1.29 is 18.9 Å². The molecule has 1 unspecified atom stereocenters. The van der Waals surface area contributed by atoms with E-state index in [1.807, 2.05) is 48.6 Å².